The smallest absolute Gasteiger partial charge is 0.289 e. The second-order valence-electron chi connectivity index (χ2n) is 6.64. The van der Waals surface area contributed by atoms with Gasteiger partial charge in [-0.2, -0.15) is 0 Å². The summed E-state index contributed by atoms with van der Waals surface area (Å²) in [5.74, 6) is -0.0473. The van der Waals surface area contributed by atoms with Crippen LogP contribution in [0.3, 0.4) is 0 Å². The lowest BCUT2D eigenvalue weighted by molar-refractivity contribution is -0.125. The van der Waals surface area contributed by atoms with Crippen molar-refractivity contribution in [2.75, 3.05) is 11.1 Å². The number of nitrogens with one attached hydrogen (secondary N) is 1. The van der Waals surface area contributed by atoms with Crippen LogP contribution in [0.4, 0.5) is 10.5 Å². The van der Waals surface area contributed by atoms with Crippen LogP contribution in [-0.2, 0) is 22.6 Å². The average molecular weight is 390 g/mol. The van der Waals surface area contributed by atoms with E-state index in [-0.39, 0.29) is 29.4 Å². The van der Waals surface area contributed by atoms with Gasteiger partial charge in [0.1, 0.15) is 0 Å². The number of carbonyl (C=O) groups is 3. The molecule has 6 heteroatoms. The first-order chi connectivity index (χ1) is 13.6. The molecule has 5 nitrogen and oxygen atoms in total. The Kier molecular flexibility index (Phi) is 5.12. The number of imide groups is 1. The summed E-state index contributed by atoms with van der Waals surface area (Å²) in [6, 6.07) is 21.3. The number of hydrogen-bond acceptors (Lipinski definition) is 4. The number of benzene rings is 3. The highest BCUT2D eigenvalue weighted by atomic mass is 32.2. The van der Waals surface area contributed by atoms with Gasteiger partial charge in [-0.25, -0.2) is 0 Å². The second-order valence-corrected chi connectivity index (χ2v) is 7.56. The monoisotopic (exact) mass is 390 g/mol. The second kappa shape index (κ2) is 7.86. The molecule has 0 aliphatic carbocycles. The summed E-state index contributed by atoms with van der Waals surface area (Å²) in [6.45, 7) is 0.260. The molecule has 3 amide bonds. The predicted octanol–water partition coefficient (Wildman–Crippen LogP) is 4.22. The van der Waals surface area contributed by atoms with E-state index in [0.717, 1.165) is 33.7 Å². The van der Waals surface area contributed by atoms with E-state index in [2.05, 4.69) is 5.32 Å². The lowest BCUT2D eigenvalue weighted by atomic mass is 10.0. The molecule has 1 N–H and O–H groups in total. The third-order valence-electron chi connectivity index (χ3n) is 4.60. The van der Waals surface area contributed by atoms with Crippen molar-refractivity contribution in [1.29, 1.82) is 0 Å². The van der Waals surface area contributed by atoms with E-state index in [1.165, 1.54) is 4.90 Å². The van der Waals surface area contributed by atoms with E-state index < -0.39 is 0 Å². The van der Waals surface area contributed by atoms with E-state index in [0.29, 0.717) is 12.1 Å². The van der Waals surface area contributed by atoms with E-state index >= 15 is 0 Å². The first kappa shape index (κ1) is 18.3. The summed E-state index contributed by atoms with van der Waals surface area (Å²) in [6.07, 6.45) is 0.292. The quantitative estimate of drug-likeness (QED) is 0.708. The highest BCUT2D eigenvalue weighted by molar-refractivity contribution is 8.14. The van der Waals surface area contributed by atoms with Gasteiger partial charge >= 0.3 is 0 Å². The average Bonchev–Trinajstić information content (AvgIpc) is 3.01. The van der Waals surface area contributed by atoms with Gasteiger partial charge in [-0.15, -0.1) is 0 Å². The van der Waals surface area contributed by atoms with Crippen molar-refractivity contribution in [2.24, 2.45) is 0 Å². The van der Waals surface area contributed by atoms with Crippen molar-refractivity contribution in [3.8, 4) is 0 Å². The lowest BCUT2D eigenvalue weighted by Crippen LogP contribution is -2.27. The number of thioether (sulfide) groups is 1. The van der Waals surface area contributed by atoms with Crippen molar-refractivity contribution >= 4 is 45.3 Å². The molecule has 0 saturated carbocycles. The molecule has 28 heavy (non-hydrogen) atoms. The summed E-state index contributed by atoms with van der Waals surface area (Å²) in [7, 11) is 0. The molecule has 0 unspecified atom stereocenters. The standard InChI is InChI=1S/C22H18N2O3S/c25-20(12-16-5-8-17-3-1-2-4-18(17)11-16)23-19-9-6-15(7-10-19)13-24-21(26)14-28-22(24)27/h1-11H,12-14H2,(H,23,25). The van der Waals surface area contributed by atoms with Crippen molar-refractivity contribution in [1.82, 2.24) is 4.90 Å². The largest absolute Gasteiger partial charge is 0.326 e. The SMILES string of the molecule is O=C(Cc1ccc2ccccc2c1)Nc1ccc(CN2C(=O)CSC2=O)cc1. The zero-order chi connectivity index (χ0) is 19.5. The Morgan fingerprint density at radius 3 is 2.36 bits per heavy atom. The topological polar surface area (TPSA) is 66.5 Å². The number of carbonyl (C=O) groups excluding carboxylic acids is 3. The normalized spacial score (nSPS) is 13.9. The van der Waals surface area contributed by atoms with Crippen LogP contribution < -0.4 is 5.32 Å². The van der Waals surface area contributed by atoms with Crippen LogP contribution >= 0.6 is 11.8 Å². The molecule has 0 aromatic heterocycles. The third kappa shape index (κ3) is 4.07. The Balaban J connectivity index is 1.37. The molecule has 1 saturated heterocycles. The van der Waals surface area contributed by atoms with Crippen LogP contribution in [0.15, 0.2) is 66.7 Å². The minimum absolute atomic E-state index is 0.0932. The molecule has 0 radical (unpaired) electrons. The Morgan fingerprint density at radius 2 is 1.64 bits per heavy atom. The Labute approximate surface area is 166 Å². The van der Waals surface area contributed by atoms with Gasteiger partial charge in [-0.1, -0.05) is 66.4 Å². The molecule has 4 rings (SSSR count). The van der Waals surface area contributed by atoms with Crippen LogP contribution in [0, 0.1) is 0 Å². The zero-order valence-corrected chi connectivity index (χ0v) is 15.9. The molecular formula is C22H18N2O3S. The first-order valence-corrected chi connectivity index (χ1v) is 9.91. The zero-order valence-electron chi connectivity index (χ0n) is 15.1. The Bertz CT molecular complexity index is 1050. The van der Waals surface area contributed by atoms with E-state index in [1.54, 1.807) is 12.1 Å². The van der Waals surface area contributed by atoms with E-state index in [4.69, 9.17) is 0 Å². The highest BCUT2D eigenvalue weighted by Crippen LogP contribution is 2.22. The van der Waals surface area contributed by atoms with Crippen LogP contribution in [0.5, 0.6) is 0 Å². The summed E-state index contributed by atoms with van der Waals surface area (Å²) >= 11 is 1.03. The van der Waals surface area contributed by atoms with Gasteiger partial charge in [0.05, 0.1) is 18.7 Å². The fraction of sp³-hybridized carbons (Fsp3) is 0.136. The number of nitrogens with zero attached hydrogens (tertiary/aromatic N) is 1. The summed E-state index contributed by atoms with van der Waals surface area (Å²) in [5, 5.41) is 4.94. The number of amides is 3. The van der Waals surface area contributed by atoms with Gasteiger partial charge in [0, 0.05) is 5.69 Å². The van der Waals surface area contributed by atoms with Crippen molar-refractivity contribution in [3.63, 3.8) is 0 Å². The van der Waals surface area contributed by atoms with Crippen LogP contribution in [0.25, 0.3) is 10.8 Å². The number of rotatable bonds is 5. The number of anilines is 1. The Hall–Kier alpha value is -3.12. The van der Waals surface area contributed by atoms with Crippen LogP contribution in [-0.4, -0.2) is 27.7 Å². The van der Waals surface area contributed by atoms with Gasteiger partial charge in [0.15, 0.2) is 0 Å². The summed E-state index contributed by atoms with van der Waals surface area (Å²) < 4.78 is 0. The van der Waals surface area contributed by atoms with Crippen LogP contribution in [0.2, 0.25) is 0 Å². The number of fused-ring (bicyclic) bond motifs is 1. The molecule has 3 aromatic carbocycles. The molecule has 0 atom stereocenters. The molecule has 0 bridgehead atoms. The lowest BCUT2D eigenvalue weighted by Gasteiger charge is -2.13. The summed E-state index contributed by atoms with van der Waals surface area (Å²) in [5.41, 5.74) is 2.48. The first-order valence-electron chi connectivity index (χ1n) is 8.92. The van der Waals surface area contributed by atoms with Crippen molar-refractivity contribution in [2.45, 2.75) is 13.0 Å². The summed E-state index contributed by atoms with van der Waals surface area (Å²) in [4.78, 5) is 37.0. The van der Waals surface area contributed by atoms with Gasteiger partial charge in [0.2, 0.25) is 11.8 Å². The van der Waals surface area contributed by atoms with E-state index in [9.17, 15) is 14.4 Å². The fourth-order valence-electron chi connectivity index (χ4n) is 3.15. The van der Waals surface area contributed by atoms with Gasteiger partial charge < -0.3 is 5.32 Å². The number of hydrogen-bond donors (Lipinski definition) is 1. The predicted molar refractivity (Wildman–Crippen MR) is 111 cm³/mol. The molecule has 1 heterocycles. The molecule has 1 fully saturated rings. The Morgan fingerprint density at radius 1 is 0.929 bits per heavy atom. The maximum absolute atomic E-state index is 12.4. The molecular weight excluding hydrogens is 372 g/mol. The van der Waals surface area contributed by atoms with Crippen molar-refractivity contribution < 1.29 is 14.4 Å². The molecule has 140 valence electrons. The molecule has 1 aliphatic heterocycles. The minimum atomic E-state index is -0.210. The minimum Gasteiger partial charge on any atom is -0.326 e. The van der Waals surface area contributed by atoms with Crippen LogP contribution in [0.1, 0.15) is 11.1 Å². The fourth-order valence-corrected chi connectivity index (χ4v) is 3.87. The van der Waals surface area contributed by atoms with E-state index in [1.807, 2.05) is 54.6 Å². The molecule has 1 aliphatic rings. The third-order valence-corrected chi connectivity index (χ3v) is 5.46. The molecule has 3 aromatic rings. The maximum atomic E-state index is 12.4. The van der Waals surface area contributed by atoms with Gasteiger partial charge in [-0.05, 0) is 34.0 Å². The highest BCUT2D eigenvalue weighted by Gasteiger charge is 2.29. The maximum Gasteiger partial charge on any atom is 0.289 e. The molecule has 0 spiro atoms. The van der Waals surface area contributed by atoms with Gasteiger partial charge in [0.25, 0.3) is 5.24 Å². The van der Waals surface area contributed by atoms with Gasteiger partial charge in [-0.3, -0.25) is 19.3 Å². The van der Waals surface area contributed by atoms with Crippen molar-refractivity contribution in [3.05, 3.63) is 77.9 Å².